The molecule has 0 unspecified atom stereocenters. The fourth-order valence-corrected chi connectivity index (χ4v) is 0.747. The topological polar surface area (TPSA) is 37.3 Å². The highest BCUT2D eigenvalue weighted by Gasteiger charge is 2.01. The Hall–Kier alpha value is -1.15. The van der Waals surface area contributed by atoms with E-state index in [2.05, 4.69) is 0 Å². The lowest BCUT2D eigenvalue weighted by atomic mass is 10.1. The third-order valence-corrected chi connectivity index (χ3v) is 1.35. The van der Waals surface area contributed by atoms with Crippen molar-refractivity contribution in [1.82, 2.24) is 0 Å². The second-order valence-corrected chi connectivity index (χ2v) is 2.16. The average Bonchev–Trinajstić information content (AvgIpc) is 2.15. The smallest absolute Gasteiger partial charge is 0.188 e. The predicted octanol–water partition coefficient (Wildman–Crippen LogP) is 1.17. The lowest BCUT2D eigenvalue weighted by Crippen LogP contribution is -2.03. The van der Waals surface area contributed by atoms with E-state index < -0.39 is 19.2 Å². The Morgan fingerprint density at radius 2 is 2.18 bits per heavy atom. The Balaban J connectivity index is 2.95. The van der Waals surface area contributed by atoms with Gasteiger partial charge in [0.25, 0.3) is 0 Å². The number of Topliss-reactive ketones (excluding diaryl/α,β-unsaturated/α-hetero) is 1. The first-order valence-electron chi connectivity index (χ1n) is 4.70. The molecule has 0 aromatic heterocycles. The number of aryl methyl sites for hydroxylation is 1. The third-order valence-electron chi connectivity index (χ3n) is 1.35. The van der Waals surface area contributed by atoms with Gasteiger partial charge in [0.15, 0.2) is 5.78 Å². The minimum atomic E-state index is -2.15. The molecule has 2 nitrogen and oxygen atoms in total. The van der Waals surface area contributed by atoms with E-state index >= 15 is 0 Å². The molecule has 2 heteroatoms. The normalized spacial score (nSPS) is 14.8. The maximum atomic E-state index is 11.0. The molecular formula is C9H10O2. The van der Waals surface area contributed by atoms with Gasteiger partial charge in [-0.05, 0) is 6.85 Å². The Morgan fingerprint density at radius 1 is 1.55 bits per heavy atom. The number of carbonyl (C=O) groups is 1. The van der Waals surface area contributed by atoms with Gasteiger partial charge in [0.1, 0.15) is 6.61 Å². The second-order valence-electron chi connectivity index (χ2n) is 2.16. The van der Waals surface area contributed by atoms with Crippen LogP contribution in [0, 0.1) is 6.85 Å². The molecule has 0 amide bonds. The molecule has 0 heterocycles. The molecule has 1 rings (SSSR count). The van der Waals surface area contributed by atoms with Gasteiger partial charge in [-0.1, -0.05) is 29.8 Å². The van der Waals surface area contributed by atoms with Crippen molar-refractivity contribution in [2.75, 3.05) is 6.61 Å². The standard InChI is InChI=1S/C9H10O2/c1-7-2-4-8(5-3-7)9(11)6-10/h2-5,10H,6H2,1H3/i1D3. The van der Waals surface area contributed by atoms with E-state index in [4.69, 9.17) is 9.22 Å². The number of aliphatic hydroxyl groups is 1. The predicted molar refractivity (Wildman–Crippen MR) is 42.6 cm³/mol. The van der Waals surface area contributed by atoms with Crippen LogP contribution in [0.4, 0.5) is 0 Å². The molecule has 0 fully saturated rings. The number of ketones is 1. The zero-order valence-electron chi connectivity index (χ0n) is 8.87. The largest absolute Gasteiger partial charge is 0.388 e. The van der Waals surface area contributed by atoms with Gasteiger partial charge in [0, 0.05) is 9.68 Å². The molecule has 0 radical (unpaired) electrons. The van der Waals surface area contributed by atoms with E-state index in [1.54, 1.807) is 0 Å². The molecule has 1 N–H and O–H groups in total. The van der Waals surface area contributed by atoms with Gasteiger partial charge in [-0.3, -0.25) is 4.79 Å². The van der Waals surface area contributed by atoms with E-state index in [1.807, 2.05) is 0 Å². The first-order valence-corrected chi connectivity index (χ1v) is 3.20. The minimum Gasteiger partial charge on any atom is -0.388 e. The van der Waals surface area contributed by atoms with Crippen LogP contribution in [0.3, 0.4) is 0 Å². The Morgan fingerprint density at radius 3 is 2.64 bits per heavy atom. The summed E-state index contributed by atoms with van der Waals surface area (Å²) < 4.78 is 21.3. The van der Waals surface area contributed by atoms with Crippen LogP contribution in [0.25, 0.3) is 0 Å². The monoisotopic (exact) mass is 153 g/mol. The summed E-state index contributed by atoms with van der Waals surface area (Å²) in [6.45, 7) is -2.71. The van der Waals surface area contributed by atoms with Crippen LogP contribution in [0.15, 0.2) is 24.3 Å². The van der Waals surface area contributed by atoms with Crippen molar-refractivity contribution >= 4 is 5.78 Å². The summed E-state index contributed by atoms with van der Waals surface area (Å²) in [7, 11) is 0. The van der Waals surface area contributed by atoms with E-state index in [0.717, 1.165) is 0 Å². The fraction of sp³-hybridized carbons (Fsp3) is 0.222. The van der Waals surface area contributed by atoms with E-state index in [1.165, 1.54) is 24.3 Å². The van der Waals surface area contributed by atoms with Crippen LogP contribution < -0.4 is 0 Å². The van der Waals surface area contributed by atoms with Gasteiger partial charge in [0.2, 0.25) is 0 Å². The lowest BCUT2D eigenvalue weighted by molar-refractivity contribution is 0.0904. The van der Waals surface area contributed by atoms with Crippen molar-refractivity contribution in [3.05, 3.63) is 35.4 Å². The number of hydrogen-bond acceptors (Lipinski definition) is 2. The van der Waals surface area contributed by atoms with Crippen molar-refractivity contribution in [3.63, 3.8) is 0 Å². The number of hydrogen-bond donors (Lipinski definition) is 1. The zero-order valence-corrected chi connectivity index (χ0v) is 5.87. The molecule has 0 bridgehead atoms. The Labute approximate surface area is 69.7 Å². The molecular weight excluding hydrogens is 140 g/mol. The number of benzene rings is 1. The van der Waals surface area contributed by atoms with Crippen molar-refractivity contribution in [1.29, 1.82) is 0 Å². The second kappa shape index (κ2) is 3.30. The molecule has 1 aromatic carbocycles. The maximum absolute atomic E-state index is 11.0. The number of aliphatic hydroxyl groups excluding tert-OH is 1. The van der Waals surface area contributed by atoms with E-state index in [-0.39, 0.29) is 5.56 Å². The van der Waals surface area contributed by atoms with Gasteiger partial charge < -0.3 is 5.11 Å². The van der Waals surface area contributed by atoms with Crippen LogP contribution in [0.1, 0.15) is 20.0 Å². The molecule has 1 aromatic rings. The summed E-state index contributed by atoms with van der Waals surface area (Å²) in [4.78, 5) is 11.0. The molecule has 0 aliphatic heterocycles. The van der Waals surface area contributed by atoms with Crippen LogP contribution >= 0.6 is 0 Å². The molecule has 11 heavy (non-hydrogen) atoms. The first-order chi connectivity index (χ1) is 6.45. The van der Waals surface area contributed by atoms with Crippen LogP contribution in [0.5, 0.6) is 0 Å². The molecule has 0 aliphatic carbocycles. The van der Waals surface area contributed by atoms with Crippen LogP contribution in [-0.4, -0.2) is 17.5 Å². The summed E-state index contributed by atoms with van der Waals surface area (Å²) in [6.07, 6.45) is 0. The summed E-state index contributed by atoms with van der Waals surface area (Å²) in [5.74, 6) is -0.415. The van der Waals surface area contributed by atoms with Crippen molar-refractivity contribution < 1.29 is 14.0 Å². The minimum absolute atomic E-state index is 0.187. The van der Waals surface area contributed by atoms with Gasteiger partial charge in [-0.15, -0.1) is 0 Å². The SMILES string of the molecule is [2H]C([2H])([2H])c1ccc(C(=O)CO)cc1. The fourth-order valence-electron chi connectivity index (χ4n) is 0.747. The highest BCUT2D eigenvalue weighted by Crippen LogP contribution is 2.02. The quantitative estimate of drug-likeness (QED) is 0.647. The highest BCUT2D eigenvalue weighted by atomic mass is 16.3. The van der Waals surface area contributed by atoms with E-state index in [0.29, 0.717) is 5.56 Å². The third kappa shape index (κ3) is 1.88. The highest BCUT2D eigenvalue weighted by molar-refractivity contribution is 5.96. The molecule has 0 spiro atoms. The van der Waals surface area contributed by atoms with E-state index in [9.17, 15) is 4.79 Å². The first kappa shape index (κ1) is 4.67. The van der Waals surface area contributed by atoms with Gasteiger partial charge in [-0.25, -0.2) is 0 Å². The number of carbonyl (C=O) groups excluding carboxylic acids is 1. The van der Waals surface area contributed by atoms with Gasteiger partial charge >= 0.3 is 0 Å². The Kier molecular flexibility index (Phi) is 1.40. The van der Waals surface area contributed by atoms with Crippen LogP contribution in [-0.2, 0) is 0 Å². The summed E-state index contributed by atoms with van der Waals surface area (Å²) in [5.41, 5.74) is 0.507. The van der Waals surface area contributed by atoms with Crippen molar-refractivity contribution in [3.8, 4) is 0 Å². The number of rotatable bonds is 2. The van der Waals surface area contributed by atoms with Gasteiger partial charge in [0.05, 0.1) is 0 Å². The molecule has 0 saturated heterocycles. The summed E-state index contributed by atoms with van der Waals surface area (Å²) >= 11 is 0. The zero-order chi connectivity index (χ0) is 10.8. The molecule has 0 saturated carbocycles. The molecule has 58 valence electrons. The Bertz CT molecular complexity index is 327. The van der Waals surface area contributed by atoms with Crippen molar-refractivity contribution in [2.24, 2.45) is 0 Å². The summed E-state index contributed by atoms with van der Waals surface area (Å²) in [6, 6.07) is 5.55. The van der Waals surface area contributed by atoms with Gasteiger partial charge in [-0.2, -0.15) is 0 Å². The lowest BCUT2D eigenvalue weighted by Gasteiger charge is -1.96. The van der Waals surface area contributed by atoms with Crippen molar-refractivity contribution in [2.45, 2.75) is 6.85 Å². The van der Waals surface area contributed by atoms with Crippen LogP contribution in [0.2, 0.25) is 0 Å². The molecule has 0 aliphatic rings. The maximum Gasteiger partial charge on any atom is 0.188 e. The summed E-state index contributed by atoms with van der Waals surface area (Å²) in [5, 5.41) is 8.56. The average molecular weight is 153 g/mol. The molecule has 0 atom stereocenters.